The number of hydrogen-bond acceptors (Lipinski definition) is 4. The van der Waals surface area contributed by atoms with E-state index in [1.807, 2.05) is 11.0 Å². The minimum atomic E-state index is -3.45. The first-order valence-electron chi connectivity index (χ1n) is 9.28. The van der Waals surface area contributed by atoms with Gasteiger partial charge in [0.15, 0.2) is 0 Å². The molecule has 1 aliphatic heterocycles. The summed E-state index contributed by atoms with van der Waals surface area (Å²) in [5.74, 6) is -1.91. The van der Waals surface area contributed by atoms with Crippen LogP contribution in [0.1, 0.15) is 12.5 Å². The summed E-state index contributed by atoms with van der Waals surface area (Å²) in [5.41, 5.74) is 0.505. The molecule has 0 aliphatic carbocycles. The summed E-state index contributed by atoms with van der Waals surface area (Å²) in [6.45, 7) is 2.92. The standard InChI is InChI=1S/C20H23F2N3O3S/c1-15(20(26)23-19-13-17(21)7-8-18(19)22)24-9-11-25(12-10-24)29(27,28)14-16-5-3-2-4-6-16/h2-8,13,15H,9-12,14H2,1H3,(H,23,26). The first-order chi connectivity index (χ1) is 13.8. The van der Waals surface area contributed by atoms with E-state index in [0.29, 0.717) is 13.1 Å². The maximum atomic E-state index is 13.7. The van der Waals surface area contributed by atoms with Crippen LogP contribution in [0.4, 0.5) is 14.5 Å². The molecule has 2 aromatic carbocycles. The fraction of sp³-hybridized carbons (Fsp3) is 0.350. The minimum Gasteiger partial charge on any atom is -0.322 e. The maximum absolute atomic E-state index is 13.7. The number of sulfonamides is 1. The highest BCUT2D eigenvalue weighted by atomic mass is 32.2. The second-order valence-electron chi connectivity index (χ2n) is 6.97. The van der Waals surface area contributed by atoms with Crippen LogP contribution in [0.3, 0.4) is 0 Å². The molecule has 0 saturated carbocycles. The Morgan fingerprint density at radius 2 is 1.72 bits per heavy atom. The molecular weight excluding hydrogens is 400 g/mol. The Bertz CT molecular complexity index is 962. The Morgan fingerprint density at radius 1 is 1.07 bits per heavy atom. The van der Waals surface area contributed by atoms with E-state index < -0.39 is 33.6 Å². The van der Waals surface area contributed by atoms with E-state index in [-0.39, 0.29) is 24.5 Å². The number of piperazine rings is 1. The fourth-order valence-corrected chi connectivity index (χ4v) is 4.76. The van der Waals surface area contributed by atoms with E-state index in [1.54, 1.807) is 31.2 Å². The van der Waals surface area contributed by atoms with Crippen LogP contribution in [0, 0.1) is 11.6 Å². The number of nitrogens with zero attached hydrogens (tertiary/aromatic N) is 2. The van der Waals surface area contributed by atoms with Crippen LogP contribution in [-0.4, -0.2) is 55.8 Å². The van der Waals surface area contributed by atoms with Gasteiger partial charge in [-0.2, -0.15) is 4.31 Å². The van der Waals surface area contributed by atoms with Gasteiger partial charge in [-0.15, -0.1) is 0 Å². The van der Waals surface area contributed by atoms with Gasteiger partial charge in [-0.3, -0.25) is 9.69 Å². The van der Waals surface area contributed by atoms with Gasteiger partial charge in [-0.1, -0.05) is 30.3 Å². The smallest absolute Gasteiger partial charge is 0.241 e. The molecule has 9 heteroatoms. The summed E-state index contributed by atoms with van der Waals surface area (Å²) in [6.07, 6.45) is 0. The quantitative estimate of drug-likeness (QED) is 0.775. The van der Waals surface area contributed by atoms with Gasteiger partial charge in [0.25, 0.3) is 0 Å². The molecule has 29 heavy (non-hydrogen) atoms. The highest BCUT2D eigenvalue weighted by Crippen LogP contribution is 2.18. The molecule has 1 N–H and O–H groups in total. The lowest BCUT2D eigenvalue weighted by Crippen LogP contribution is -2.54. The molecule has 0 aromatic heterocycles. The Kier molecular flexibility index (Phi) is 6.61. The third kappa shape index (κ3) is 5.37. The van der Waals surface area contributed by atoms with E-state index in [4.69, 9.17) is 0 Å². The van der Waals surface area contributed by atoms with Gasteiger partial charge in [-0.05, 0) is 24.6 Å². The minimum absolute atomic E-state index is 0.0667. The highest BCUT2D eigenvalue weighted by molar-refractivity contribution is 7.88. The monoisotopic (exact) mass is 423 g/mol. The number of rotatable bonds is 6. The molecule has 0 radical (unpaired) electrons. The van der Waals surface area contributed by atoms with Crippen LogP contribution < -0.4 is 5.32 Å². The average molecular weight is 423 g/mol. The molecule has 1 fully saturated rings. The van der Waals surface area contributed by atoms with Gasteiger partial charge in [0.05, 0.1) is 17.5 Å². The third-order valence-corrected chi connectivity index (χ3v) is 6.82. The topological polar surface area (TPSA) is 69.7 Å². The van der Waals surface area contributed by atoms with Gasteiger partial charge < -0.3 is 5.32 Å². The second-order valence-corrected chi connectivity index (χ2v) is 8.94. The molecule has 1 heterocycles. The number of carbonyl (C=O) groups excluding carboxylic acids is 1. The first-order valence-corrected chi connectivity index (χ1v) is 10.9. The molecule has 6 nitrogen and oxygen atoms in total. The molecule has 1 unspecified atom stereocenters. The number of halogens is 2. The molecular formula is C20H23F2N3O3S. The van der Waals surface area contributed by atoms with Crippen molar-refractivity contribution in [2.24, 2.45) is 0 Å². The van der Waals surface area contributed by atoms with Crippen LogP contribution in [0.5, 0.6) is 0 Å². The Morgan fingerprint density at radius 3 is 2.38 bits per heavy atom. The second kappa shape index (κ2) is 8.98. The van der Waals surface area contributed by atoms with Crippen LogP contribution in [-0.2, 0) is 20.6 Å². The number of benzene rings is 2. The number of amides is 1. The van der Waals surface area contributed by atoms with Gasteiger partial charge in [0, 0.05) is 32.2 Å². The molecule has 3 rings (SSSR count). The van der Waals surface area contributed by atoms with Gasteiger partial charge in [0.2, 0.25) is 15.9 Å². The van der Waals surface area contributed by atoms with Crippen LogP contribution in [0.2, 0.25) is 0 Å². The lowest BCUT2D eigenvalue weighted by molar-refractivity contribution is -0.121. The lowest BCUT2D eigenvalue weighted by Gasteiger charge is -2.36. The number of carbonyl (C=O) groups is 1. The number of anilines is 1. The van der Waals surface area contributed by atoms with Gasteiger partial charge in [-0.25, -0.2) is 17.2 Å². The molecule has 1 aliphatic rings. The number of hydrogen-bond donors (Lipinski definition) is 1. The van der Waals surface area contributed by atoms with Gasteiger partial charge in [0.1, 0.15) is 11.6 Å². The van der Waals surface area contributed by atoms with Crippen molar-refractivity contribution in [1.82, 2.24) is 9.21 Å². The molecule has 0 spiro atoms. The SMILES string of the molecule is CC(C(=O)Nc1cc(F)ccc1F)N1CCN(S(=O)(=O)Cc2ccccc2)CC1. The summed E-state index contributed by atoms with van der Waals surface area (Å²) in [5, 5.41) is 2.39. The third-order valence-electron chi connectivity index (χ3n) is 4.97. The Labute approximate surface area is 169 Å². The average Bonchev–Trinajstić information content (AvgIpc) is 2.70. The highest BCUT2D eigenvalue weighted by Gasteiger charge is 2.31. The van der Waals surface area contributed by atoms with E-state index in [9.17, 15) is 22.0 Å². The van der Waals surface area contributed by atoms with E-state index in [2.05, 4.69) is 5.32 Å². The zero-order valence-corrected chi connectivity index (χ0v) is 16.8. The molecule has 156 valence electrons. The van der Waals surface area contributed by atoms with Crippen molar-refractivity contribution < 1.29 is 22.0 Å². The number of nitrogens with one attached hydrogen (secondary N) is 1. The van der Waals surface area contributed by atoms with Crippen molar-refractivity contribution >= 4 is 21.6 Å². The van der Waals surface area contributed by atoms with Crippen LogP contribution in [0.25, 0.3) is 0 Å². The normalized spacial score (nSPS) is 17.1. The summed E-state index contributed by atoms with van der Waals surface area (Å²) in [4.78, 5) is 14.2. The summed E-state index contributed by atoms with van der Waals surface area (Å²) >= 11 is 0. The molecule has 1 saturated heterocycles. The lowest BCUT2D eigenvalue weighted by atomic mass is 10.2. The molecule has 0 bridgehead atoms. The van der Waals surface area contributed by atoms with Crippen molar-refractivity contribution in [2.45, 2.75) is 18.7 Å². The van der Waals surface area contributed by atoms with Crippen molar-refractivity contribution in [3.8, 4) is 0 Å². The van der Waals surface area contributed by atoms with E-state index >= 15 is 0 Å². The van der Waals surface area contributed by atoms with Gasteiger partial charge >= 0.3 is 0 Å². The predicted molar refractivity (Wildman–Crippen MR) is 107 cm³/mol. The van der Waals surface area contributed by atoms with E-state index in [1.165, 1.54) is 4.31 Å². The fourth-order valence-electron chi connectivity index (χ4n) is 3.24. The summed E-state index contributed by atoms with van der Waals surface area (Å²) < 4.78 is 53.7. The Hall–Kier alpha value is -2.36. The van der Waals surface area contributed by atoms with Crippen molar-refractivity contribution in [3.05, 3.63) is 65.7 Å². The molecule has 1 atom stereocenters. The van der Waals surface area contributed by atoms with Crippen LogP contribution >= 0.6 is 0 Å². The summed E-state index contributed by atoms with van der Waals surface area (Å²) in [6, 6.07) is 11.2. The Balaban J connectivity index is 1.56. The summed E-state index contributed by atoms with van der Waals surface area (Å²) in [7, 11) is -3.45. The van der Waals surface area contributed by atoms with Crippen LogP contribution in [0.15, 0.2) is 48.5 Å². The predicted octanol–water partition coefficient (Wildman–Crippen LogP) is 2.44. The van der Waals surface area contributed by atoms with Crippen molar-refractivity contribution in [1.29, 1.82) is 0 Å². The molecule has 1 amide bonds. The molecule has 2 aromatic rings. The van der Waals surface area contributed by atoms with E-state index in [0.717, 1.165) is 23.8 Å². The largest absolute Gasteiger partial charge is 0.322 e. The maximum Gasteiger partial charge on any atom is 0.241 e. The van der Waals surface area contributed by atoms with Crippen molar-refractivity contribution in [2.75, 3.05) is 31.5 Å². The first kappa shape index (κ1) is 21.4. The zero-order chi connectivity index (χ0) is 21.0. The zero-order valence-electron chi connectivity index (χ0n) is 16.0. The van der Waals surface area contributed by atoms with Crippen molar-refractivity contribution in [3.63, 3.8) is 0 Å².